The van der Waals surface area contributed by atoms with Gasteiger partial charge in [0.15, 0.2) is 0 Å². The van der Waals surface area contributed by atoms with Crippen molar-refractivity contribution in [3.63, 3.8) is 0 Å². The first-order valence-corrected chi connectivity index (χ1v) is 13.6. The molecule has 0 bridgehead atoms. The number of sulfonamides is 1. The summed E-state index contributed by atoms with van der Waals surface area (Å²) in [6.07, 6.45) is 1.33. The molecule has 1 N–H and O–H groups in total. The zero-order valence-electron chi connectivity index (χ0n) is 20.7. The number of hydrogen-bond donors (Lipinski definition) is 1. The average molecular weight is 526 g/mol. The highest BCUT2D eigenvalue weighted by Gasteiger charge is 2.32. The lowest BCUT2D eigenvalue weighted by molar-refractivity contribution is -0.140. The summed E-state index contributed by atoms with van der Waals surface area (Å²) in [5.74, 6) is -1.09. The second kappa shape index (κ2) is 12.4. The van der Waals surface area contributed by atoms with E-state index in [9.17, 15) is 22.4 Å². The second-order valence-corrected chi connectivity index (χ2v) is 11.3. The molecule has 0 fully saturated rings. The molecule has 0 aliphatic carbocycles. The van der Waals surface area contributed by atoms with E-state index in [1.54, 1.807) is 32.0 Å². The molecule has 2 aromatic rings. The van der Waals surface area contributed by atoms with Crippen LogP contribution in [-0.4, -0.2) is 50.5 Å². The molecule has 0 saturated carbocycles. The van der Waals surface area contributed by atoms with Crippen LogP contribution in [0.1, 0.15) is 38.3 Å². The molecule has 0 unspecified atom stereocenters. The molecule has 0 aliphatic heterocycles. The van der Waals surface area contributed by atoms with Gasteiger partial charge in [0, 0.05) is 18.1 Å². The molecular weight excluding hydrogens is 493 g/mol. The molecule has 1 atom stereocenters. The minimum absolute atomic E-state index is 0.0178. The lowest BCUT2D eigenvalue weighted by atomic mass is 10.1. The summed E-state index contributed by atoms with van der Waals surface area (Å²) < 4.78 is 39.8. The van der Waals surface area contributed by atoms with Gasteiger partial charge < -0.3 is 10.2 Å². The Bertz CT molecular complexity index is 1140. The van der Waals surface area contributed by atoms with Crippen LogP contribution in [0.4, 0.5) is 10.1 Å². The molecule has 7 nitrogen and oxygen atoms in total. The van der Waals surface area contributed by atoms with Gasteiger partial charge in [0.1, 0.15) is 18.4 Å². The van der Waals surface area contributed by atoms with E-state index in [2.05, 4.69) is 5.32 Å². The standard InChI is InChI=1S/C25H33ClFN3O4S/c1-6-22(25(32)28-14-17(2)3)29(15-19-7-10-21(27)11-8-19)24(31)16-30(35(5,33)34)23-12-9-20(26)13-18(23)4/h7-13,17,22H,6,14-16H2,1-5H3,(H,28,32)/t22-/m1/s1. The highest BCUT2D eigenvalue weighted by Crippen LogP contribution is 2.26. The van der Waals surface area contributed by atoms with E-state index < -0.39 is 34.3 Å². The number of rotatable bonds is 11. The van der Waals surface area contributed by atoms with Crippen LogP contribution in [0.25, 0.3) is 0 Å². The molecular formula is C25H33ClFN3O4S. The monoisotopic (exact) mass is 525 g/mol. The van der Waals surface area contributed by atoms with Gasteiger partial charge in [-0.25, -0.2) is 12.8 Å². The van der Waals surface area contributed by atoms with Crippen molar-refractivity contribution >= 4 is 39.1 Å². The van der Waals surface area contributed by atoms with Crippen molar-refractivity contribution in [2.45, 2.75) is 46.7 Å². The van der Waals surface area contributed by atoms with Gasteiger partial charge in [-0.1, -0.05) is 44.5 Å². The van der Waals surface area contributed by atoms with E-state index in [1.807, 2.05) is 13.8 Å². The lowest BCUT2D eigenvalue weighted by Crippen LogP contribution is -2.52. The van der Waals surface area contributed by atoms with Crippen molar-refractivity contribution in [3.05, 3.63) is 64.4 Å². The van der Waals surface area contributed by atoms with Gasteiger partial charge in [0.25, 0.3) is 0 Å². The van der Waals surface area contributed by atoms with E-state index in [0.717, 1.165) is 10.6 Å². The molecule has 0 aliphatic rings. The fraction of sp³-hybridized carbons (Fsp3) is 0.440. The first-order valence-electron chi connectivity index (χ1n) is 11.4. The van der Waals surface area contributed by atoms with Gasteiger partial charge in [0.2, 0.25) is 21.8 Å². The maximum Gasteiger partial charge on any atom is 0.244 e. The number of aryl methyl sites for hydroxylation is 1. The SMILES string of the molecule is CC[C@H](C(=O)NCC(C)C)N(Cc1ccc(F)cc1)C(=O)CN(c1ccc(Cl)cc1C)S(C)(=O)=O. The van der Waals surface area contributed by atoms with E-state index in [4.69, 9.17) is 11.6 Å². The number of carbonyl (C=O) groups is 2. The molecule has 2 aromatic carbocycles. The Balaban J connectivity index is 2.44. The number of nitrogens with one attached hydrogen (secondary N) is 1. The minimum atomic E-state index is -3.84. The van der Waals surface area contributed by atoms with Crippen LogP contribution in [0, 0.1) is 18.7 Å². The molecule has 2 rings (SSSR count). The smallest absolute Gasteiger partial charge is 0.244 e. The third-order valence-corrected chi connectivity index (χ3v) is 6.80. The van der Waals surface area contributed by atoms with E-state index in [-0.39, 0.29) is 18.4 Å². The zero-order valence-corrected chi connectivity index (χ0v) is 22.3. The Morgan fingerprint density at radius 3 is 2.26 bits per heavy atom. The lowest BCUT2D eigenvalue weighted by Gasteiger charge is -2.33. The molecule has 0 aromatic heterocycles. The van der Waals surface area contributed by atoms with E-state index >= 15 is 0 Å². The number of amides is 2. The quantitative estimate of drug-likeness (QED) is 0.478. The summed E-state index contributed by atoms with van der Waals surface area (Å²) in [4.78, 5) is 28.0. The van der Waals surface area contributed by atoms with Crippen molar-refractivity contribution in [2.24, 2.45) is 5.92 Å². The highest BCUT2D eigenvalue weighted by atomic mass is 35.5. The fourth-order valence-electron chi connectivity index (χ4n) is 3.62. The van der Waals surface area contributed by atoms with Gasteiger partial charge in [-0.2, -0.15) is 0 Å². The third kappa shape index (κ3) is 8.21. The summed E-state index contributed by atoms with van der Waals surface area (Å²) in [6.45, 7) is 7.35. The number of hydrogen-bond acceptors (Lipinski definition) is 4. The van der Waals surface area contributed by atoms with E-state index in [0.29, 0.717) is 34.8 Å². The Kier molecular flexibility index (Phi) is 10.1. The maximum atomic E-state index is 13.6. The molecule has 0 heterocycles. The largest absolute Gasteiger partial charge is 0.354 e. The minimum Gasteiger partial charge on any atom is -0.354 e. The summed E-state index contributed by atoms with van der Waals surface area (Å²) in [6, 6.07) is 9.50. The van der Waals surface area contributed by atoms with Crippen LogP contribution in [-0.2, 0) is 26.2 Å². The predicted octanol–water partition coefficient (Wildman–Crippen LogP) is 4.13. The van der Waals surface area contributed by atoms with Crippen molar-refractivity contribution in [3.8, 4) is 0 Å². The molecule has 35 heavy (non-hydrogen) atoms. The molecule has 10 heteroatoms. The Labute approximate surface area is 212 Å². The van der Waals surface area contributed by atoms with Crippen molar-refractivity contribution in [1.82, 2.24) is 10.2 Å². The normalized spacial score (nSPS) is 12.3. The number of halogens is 2. The topological polar surface area (TPSA) is 86.8 Å². The van der Waals surface area contributed by atoms with Crippen LogP contribution in [0.15, 0.2) is 42.5 Å². The van der Waals surface area contributed by atoms with Gasteiger partial charge in [-0.05, 0) is 60.7 Å². The van der Waals surface area contributed by atoms with Gasteiger partial charge in [-0.15, -0.1) is 0 Å². The fourth-order valence-corrected chi connectivity index (χ4v) is 4.76. The summed E-state index contributed by atoms with van der Waals surface area (Å²) in [5, 5.41) is 3.30. The van der Waals surface area contributed by atoms with E-state index in [1.165, 1.54) is 29.2 Å². The summed E-state index contributed by atoms with van der Waals surface area (Å²) in [5.41, 5.74) is 1.52. The molecule has 0 spiro atoms. The maximum absolute atomic E-state index is 13.6. The van der Waals surface area contributed by atoms with Gasteiger partial charge in [-0.3, -0.25) is 13.9 Å². The Hall–Kier alpha value is -2.65. The number of benzene rings is 2. The number of carbonyl (C=O) groups excluding carboxylic acids is 2. The second-order valence-electron chi connectivity index (χ2n) is 8.91. The molecule has 0 radical (unpaired) electrons. The van der Waals surface area contributed by atoms with Crippen molar-refractivity contribution in [1.29, 1.82) is 0 Å². The predicted molar refractivity (Wildman–Crippen MR) is 137 cm³/mol. The van der Waals surface area contributed by atoms with Crippen LogP contribution in [0.3, 0.4) is 0 Å². The van der Waals surface area contributed by atoms with Crippen LogP contribution >= 0.6 is 11.6 Å². The Morgan fingerprint density at radius 2 is 1.74 bits per heavy atom. The third-order valence-electron chi connectivity index (χ3n) is 5.44. The molecule has 2 amide bonds. The molecule has 0 saturated heterocycles. The van der Waals surface area contributed by atoms with Crippen molar-refractivity contribution < 1.29 is 22.4 Å². The van der Waals surface area contributed by atoms with Crippen LogP contribution in [0.2, 0.25) is 5.02 Å². The van der Waals surface area contributed by atoms with Gasteiger partial charge in [0.05, 0.1) is 11.9 Å². The average Bonchev–Trinajstić information content (AvgIpc) is 2.76. The first kappa shape index (κ1) is 28.6. The molecule has 192 valence electrons. The summed E-state index contributed by atoms with van der Waals surface area (Å²) in [7, 11) is -3.84. The van der Waals surface area contributed by atoms with Crippen LogP contribution < -0.4 is 9.62 Å². The number of anilines is 1. The van der Waals surface area contributed by atoms with Crippen LogP contribution in [0.5, 0.6) is 0 Å². The highest BCUT2D eigenvalue weighted by molar-refractivity contribution is 7.92. The number of nitrogens with zero attached hydrogens (tertiary/aromatic N) is 2. The van der Waals surface area contributed by atoms with Crippen molar-refractivity contribution in [2.75, 3.05) is 23.7 Å². The van der Waals surface area contributed by atoms with Gasteiger partial charge >= 0.3 is 0 Å². The Morgan fingerprint density at radius 1 is 1.11 bits per heavy atom. The summed E-state index contributed by atoms with van der Waals surface area (Å²) >= 11 is 6.03. The zero-order chi connectivity index (χ0) is 26.3. The first-order chi connectivity index (χ1) is 16.3.